The SMILES string of the molecule is COc1cc2oc(-c3nn(-c4ccc(C)cc4F)c4nc(C)c(C)nc4c3=O)nc2cn1. The van der Waals surface area contributed by atoms with Crippen LogP contribution in [0.3, 0.4) is 0 Å². The minimum atomic E-state index is -0.522. The molecule has 0 unspecified atom stereocenters. The molecule has 10 heteroatoms. The lowest BCUT2D eigenvalue weighted by molar-refractivity contribution is 0.398. The Hall–Kier alpha value is -4.21. The number of aromatic nitrogens is 6. The predicted molar refractivity (Wildman–Crippen MR) is 114 cm³/mol. The maximum atomic E-state index is 14.9. The number of hydrogen-bond acceptors (Lipinski definition) is 8. The van der Waals surface area contributed by atoms with Crippen molar-refractivity contribution in [2.24, 2.45) is 0 Å². The van der Waals surface area contributed by atoms with E-state index in [1.807, 2.05) is 0 Å². The van der Waals surface area contributed by atoms with Crippen molar-refractivity contribution in [3.05, 3.63) is 63.5 Å². The minimum Gasteiger partial charge on any atom is -0.481 e. The smallest absolute Gasteiger partial charge is 0.252 e. The summed E-state index contributed by atoms with van der Waals surface area (Å²) in [6, 6.07) is 6.25. The van der Waals surface area contributed by atoms with Crippen LogP contribution in [0.5, 0.6) is 5.88 Å². The Morgan fingerprint density at radius 1 is 1.06 bits per heavy atom. The maximum Gasteiger partial charge on any atom is 0.252 e. The summed E-state index contributed by atoms with van der Waals surface area (Å²) in [6.07, 6.45) is 1.47. The van der Waals surface area contributed by atoms with Gasteiger partial charge in [0, 0.05) is 6.07 Å². The number of nitrogens with zero attached hydrogens (tertiary/aromatic N) is 6. The average molecular weight is 432 g/mol. The molecule has 0 aliphatic rings. The lowest BCUT2D eigenvalue weighted by atomic mass is 10.2. The van der Waals surface area contributed by atoms with Crippen LogP contribution in [0.1, 0.15) is 17.0 Å². The molecule has 1 aromatic carbocycles. The van der Waals surface area contributed by atoms with Crippen molar-refractivity contribution in [3.63, 3.8) is 0 Å². The molecule has 0 saturated carbocycles. The largest absolute Gasteiger partial charge is 0.481 e. The van der Waals surface area contributed by atoms with Crippen LogP contribution in [0.4, 0.5) is 4.39 Å². The van der Waals surface area contributed by atoms with Crippen LogP contribution < -0.4 is 10.2 Å². The Morgan fingerprint density at radius 3 is 2.59 bits per heavy atom. The Kier molecular flexibility index (Phi) is 4.43. The van der Waals surface area contributed by atoms with E-state index in [0.29, 0.717) is 28.4 Å². The predicted octanol–water partition coefficient (Wildman–Crippen LogP) is 3.45. The van der Waals surface area contributed by atoms with Gasteiger partial charge >= 0.3 is 0 Å². The first-order chi connectivity index (χ1) is 15.4. The Morgan fingerprint density at radius 2 is 1.84 bits per heavy atom. The van der Waals surface area contributed by atoms with Gasteiger partial charge in [-0.25, -0.2) is 29.0 Å². The second kappa shape index (κ2) is 7.19. The monoisotopic (exact) mass is 432 g/mol. The fourth-order valence-electron chi connectivity index (χ4n) is 3.31. The first-order valence-corrected chi connectivity index (χ1v) is 9.71. The van der Waals surface area contributed by atoms with Crippen molar-refractivity contribution in [2.75, 3.05) is 7.11 Å². The fraction of sp³-hybridized carbons (Fsp3) is 0.182. The zero-order chi connectivity index (χ0) is 22.6. The molecule has 0 atom stereocenters. The van der Waals surface area contributed by atoms with E-state index in [1.54, 1.807) is 39.0 Å². The van der Waals surface area contributed by atoms with Gasteiger partial charge in [0.05, 0.1) is 24.7 Å². The van der Waals surface area contributed by atoms with Gasteiger partial charge in [-0.2, -0.15) is 5.10 Å². The van der Waals surface area contributed by atoms with Crippen molar-refractivity contribution in [3.8, 4) is 23.2 Å². The van der Waals surface area contributed by atoms with E-state index in [9.17, 15) is 9.18 Å². The summed E-state index contributed by atoms with van der Waals surface area (Å²) in [7, 11) is 1.48. The number of methoxy groups -OCH3 is 1. The van der Waals surface area contributed by atoms with Crippen molar-refractivity contribution in [1.82, 2.24) is 29.7 Å². The number of ether oxygens (including phenoxy) is 1. The molecule has 0 bridgehead atoms. The van der Waals surface area contributed by atoms with Gasteiger partial charge in [0.1, 0.15) is 17.0 Å². The van der Waals surface area contributed by atoms with Crippen molar-refractivity contribution < 1.29 is 13.5 Å². The third kappa shape index (κ3) is 3.08. The van der Waals surface area contributed by atoms with Crippen molar-refractivity contribution >= 4 is 22.3 Å². The topological polar surface area (TPSA) is 109 Å². The molecule has 160 valence electrons. The number of benzene rings is 1. The highest BCUT2D eigenvalue weighted by molar-refractivity contribution is 5.79. The van der Waals surface area contributed by atoms with Crippen LogP contribution in [0.2, 0.25) is 0 Å². The van der Waals surface area contributed by atoms with Crippen LogP contribution >= 0.6 is 0 Å². The van der Waals surface area contributed by atoms with Gasteiger partial charge in [-0.1, -0.05) is 6.07 Å². The molecule has 0 saturated heterocycles. The lowest BCUT2D eigenvalue weighted by Gasteiger charge is -2.12. The molecule has 9 nitrogen and oxygen atoms in total. The molecule has 0 fully saturated rings. The molecule has 0 spiro atoms. The van der Waals surface area contributed by atoms with E-state index < -0.39 is 11.2 Å². The van der Waals surface area contributed by atoms with E-state index in [0.717, 1.165) is 5.56 Å². The molecule has 0 amide bonds. The molecule has 0 N–H and O–H groups in total. The molecule has 0 radical (unpaired) electrons. The van der Waals surface area contributed by atoms with Gasteiger partial charge in [0.15, 0.2) is 22.4 Å². The van der Waals surface area contributed by atoms with Gasteiger partial charge in [0.2, 0.25) is 11.3 Å². The van der Waals surface area contributed by atoms with Gasteiger partial charge in [-0.15, -0.1) is 0 Å². The van der Waals surface area contributed by atoms with Gasteiger partial charge in [-0.3, -0.25) is 4.79 Å². The number of pyridine rings is 1. The summed E-state index contributed by atoms with van der Waals surface area (Å²) in [6.45, 7) is 5.29. The summed E-state index contributed by atoms with van der Waals surface area (Å²) in [5.74, 6) is -0.217. The summed E-state index contributed by atoms with van der Waals surface area (Å²) in [5.41, 5.74) is 2.38. The summed E-state index contributed by atoms with van der Waals surface area (Å²) >= 11 is 0. The summed E-state index contributed by atoms with van der Waals surface area (Å²) < 4.78 is 27.0. The number of rotatable bonds is 3. The summed E-state index contributed by atoms with van der Waals surface area (Å²) in [4.78, 5) is 30.6. The van der Waals surface area contributed by atoms with Crippen LogP contribution in [0, 0.1) is 26.6 Å². The zero-order valence-electron chi connectivity index (χ0n) is 17.7. The normalized spacial score (nSPS) is 11.4. The highest BCUT2D eigenvalue weighted by Gasteiger charge is 2.22. The second-order valence-electron chi connectivity index (χ2n) is 7.32. The number of hydrogen-bond donors (Lipinski definition) is 0. The van der Waals surface area contributed by atoms with E-state index in [4.69, 9.17) is 9.15 Å². The number of aryl methyl sites for hydroxylation is 3. The van der Waals surface area contributed by atoms with Crippen LogP contribution in [0.25, 0.3) is 39.5 Å². The fourth-order valence-corrected chi connectivity index (χ4v) is 3.31. The highest BCUT2D eigenvalue weighted by atomic mass is 19.1. The Labute approximate surface area is 180 Å². The lowest BCUT2D eigenvalue weighted by Crippen LogP contribution is -2.19. The van der Waals surface area contributed by atoms with Crippen molar-refractivity contribution in [1.29, 1.82) is 0 Å². The molecule has 5 rings (SSSR count). The number of oxazole rings is 1. The number of halogens is 1. The molecular formula is C22H17FN6O3. The van der Waals surface area contributed by atoms with Gasteiger partial charge in [0.25, 0.3) is 5.89 Å². The Balaban J connectivity index is 1.85. The van der Waals surface area contributed by atoms with E-state index in [-0.39, 0.29) is 28.4 Å². The standard InChI is InChI=1S/C22H17FN6O3/c1-10-5-6-15(13(23)7-10)29-21-18(25-11(2)12(3)26-21)20(30)19(28-29)22-27-14-9-24-17(31-4)8-16(14)32-22/h5-9H,1-4H3. The highest BCUT2D eigenvalue weighted by Crippen LogP contribution is 2.25. The average Bonchev–Trinajstić information content (AvgIpc) is 3.19. The third-order valence-electron chi connectivity index (χ3n) is 5.11. The first kappa shape index (κ1) is 19.7. The van der Waals surface area contributed by atoms with E-state index in [2.05, 4.69) is 25.0 Å². The Bertz CT molecular complexity index is 1590. The number of fused-ring (bicyclic) bond motifs is 2. The quantitative estimate of drug-likeness (QED) is 0.426. The van der Waals surface area contributed by atoms with E-state index >= 15 is 0 Å². The summed E-state index contributed by atoms with van der Waals surface area (Å²) in [5, 5.41) is 4.39. The molecule has 5 aromatic rings. The molecular weight excluding hydrogens is 415 g/mol. The molecule has 4 aromatic heterocycles. The van der Waals surface area contributed by atoms with Crippen LogP contribution in [-0.4, -0.2) is 36.8 Å². The van der Waals surface area contributed by atoms with Gasteiger partial charge < -0.3 is 9.15 Å². The van der Waals surface area contributed by atoms with Gasteiger partial charge in [-0.05, 0) is 38.5 Å². The minimum absolute atomic E-state index is 0.0380. The van der Waals surface area contributed by atoms with E-state index in [1.165, 1.54) is 24.1 Å². The van der Waals surface area contributed by atoms with Crippen molar-refractivity contribution in [2.45, 2.75) is 20.8 Å². The molecule has 4 heterocycles. The molecule has 32 heavy (non-hydrogen) atoms. The molecule has 0 aliphatic heterocycles. The third-order valence-corrected chi connectivity index (χ3v) is 5.11. The van der Waals surface area contributed by atoms with Crippen LogP contribution in [0.15, 0.2) is 39.7 Å². The van der Waals surface area contributed by atoms with Crippen LogP contribution in [-0.2, 0) is 0 Å². The maximum absolute atomic E-state index is 14.9. The first-order valence-electron chi connectivity index (χ1n) is 9.71. The molecule has 0 aliphatic carbocycles. The second-order valence-corrected chi connectivity index (χ2v) is 7.32. The zero-order valence-corrected chi connectivity index (χ0v) is 17.7.